The van der Waals surface area contributed by atoms with Crippen molar-refractivity contribution < 1.29 is 19.1 Å². The molecular weight excluding hydrogens is 504 g/mol. The van der Waals surface area contributed by atoms with Gasteiger partial charge in [-0.25, -0.2) is 4.79 Å². The standard InChI is InChI=1S/C32H38N4O4/c1-34(2)32(39)33-30(37)23-12-13-26-27(19-23)36-20-24(31(38)35-14-16-40-17-15-35)18-22-10-6-7-11-25(22)29(36)28(26)21-8-4-3-5-9-21/h6-7,10-13,18-19,21-22,25H,3-5,8-9,14-17,20H2,1-2H3,(H,33,37,39). The van der Waals surface area contributed by atoms with E-state index >= 15 is 0 Å². The van der Waals surface area contributed by atoms with Crippen LogP contribution in [0.1, 0.15) is 65.6 Å². The number of ether oxygens (including phenoxy) is 1. The number of benzene rings is 1. The molecule has 2 aromatic rings. The Morgan fingerprint density at radius 2 is 1.75 bits per heavy atom. The van der Waals surface area contributed by atoms with Gasteiger partial charge in [-0.1, -0.05) is 55.7 Å². The highest BCUT2D eigenvalue weighted by atomic mass is 16.5. The number of aromatic nitrogens is 1. The van der Waals surface area contributed by atoms with Crippen LogP contribution in [-0.2, 0) is 16.1 Å². The van der Waals surface area contributed by atoms with Crippen LogP contribution >= 0.6 is 0 Å². The van der Waals surface area contributed by atoms with E-state index in [0.29, 0.717) is 44.3 Å². The quantitative estimate of drug-likeness (QED) is 0.608. The van der Waals surface area contributed by atoms with Crippen molar-refractivity contribution in [1.82, 2.24) is 19.7 Å². The van der Waals surface area contributed by atoms with Crippen molar-refractivity contribution in [3.63, 3.8) is 0 Å². The molecule has 0 radical (unpaired) electrons. The van der Waals surface area contributed by atoms with Crippen LogP contribution < -0.4 is 5.32 Å². The minimum atomic E-state index is -0.453. The van der Waals surface area contributed by atoms with Gasteiger partial charge in [0, 0.05) is 66.8 Å². The number of allylic oxidation sites excluding steroid dienone is 5. The van der Waals surface area contributed by atoms with Crippen LogP contribution in [0.5, 0.6) is 0 Å². The molecular formula is C32H38N4O4. The first kappa shape index (κ1) is 26.6. The molecule has 3 heterocycles. The van der Waals surface area contributed by atoms with E-state index in [1.807, 2.05) is 17.0 Å². The van der Waals surface area contributed by atoms with E-state index in [9.17, 15) is 14.4 Å². The molecule has 1 saturated heterocycles. The summed E-state index contributed by atoms with van der Waals surface area (Å²) in [6.45, 7) is 2.75. The van der Waals surface area contributed by atoms with Crippen LogP contribution in [0.15, 0.2) is 54.2 Å². The highest BCUT2D eigenvalue weighted by Crippen LogP contribution is 2.47. The van der Waals surface area contributed by atoms with E-state index in [4.69, 9.17) is 4.74 Å². The van der Waals surface area contributed by atoms with Crippen LogP contribution in [0, 0.1) is 5.92 Å². The lowest BCUT2D eigenvalue weighted by molar-refractivity contribution is -0.131. The van der Waals surface area contributed by atoms with Gasteiger partial charge in [0.2, 0.25) is 0 Å². The largest absolute Gasteiger partial charge is 0.378 e. The van der Waals surface area contributed by atoms with Gasteiger partial charge in [-0.2, -0.15) is 0 Å². The molecule has 2 atom stereocenters. The van der Waals surface area contributed by atoms with Gasteiger partial charge < -0.3 is 19.1 Å². The maximum atomic E-state index is 13.8. The van der Waals surface area contributed by atoms with E-state index in [1.165, 1.54) is 35.4 Å². The minimum Gasteiger partial charge on any atom is -0.378 e. The summed E-state index contributed by atoms with van der Waals surface area (Å²) in [6, 6.07) is 5.34. The summed E-state index contributed by atoms with van der Waals surface area (Å²) < 4.78 is 7.80. The van der Waals surface area contributed by atoms with Gasteiger partial charge in [-0.3, -0.25) is 14.9 Å². The molecule has 1 N–H and O–H groups in total. The van der Waals surface area contributed by atoms with E-state index in [1.54, 1.807) is 14.1 Å². The smallest absolute Gasteiger partial charge is 0.323 e. The number of urea groups is 1. The second kappa shape index (κ2) is 11.1. The minimum absolute atomic E-state index is 0.0596. The van der Waals surface area contributed by atoms with Crippen molar-refractivity contribution in [1.29, 1.82) is 0 Å². The summed E-state index contributed by atoms with van der Waals surface area (Å²) in [7, 11) is 3.22. The number of carbonyl (C=O) groups is 3. The molecule has 2 aliphatic carbocycles. The van der Waals surface area contributed by atoms with Crippen molar-refractivity contribution in [2.24, 2.45) is 5.92 Å². The Kier molecular flexibility index (Phi) is 7.36. The Bertz CT molecular complexity index is 1420. The molecule has 0 bridgehead atoms. The van der Waals surface area contributed by atoms with Crippen LogP contribution in [0.2, 0.25) is 0 Å². The molecule has 1 aromatic heterocycles. The maximum Gasteiger partial charge on any atom is 0.323 e. The number of nitrogens with one attached hydrogen (secondary N) is 1. The third kappa shape index (κ3) is 4.89. The number of nitrogens with zero attached hydrogens (tertiary/aromatic N) is 3. The van der Waals surface area contributed by atoms with Crippen LogP contribution in [-0.4, -0.2) is 72.6 Å². The predicted octanol–water partition coefficient (Wildman–Crippen LogP) is 4.73. The summed E-state index contributed by atoms with van der Waals surface area (Å²) in [4.78, 5) is 42.4. The number of hydrogen-bond donors (Lipinski definition) is 1. The van der Waals surface area contributed by atoms with Gasteiger partial charge in [0.15, 0.2) is 0 Å². The van der Waals surface area contributed by atoms with Crippen LogP contribution in [0.25, 0.3) is 10.9 Å². The second-order valence-corrected chi connectivity index (χ2v) is 11.6. The first-order valence-electron chi connectivity index (χ1n) is 14.5. The zero-order chi connectivity index (χ0) is 27.8. The van der Waals surface area contributed by atoms with Gasteiger partial charge >= 0.3 is 6.03 Å². The molecule has 0 spiro atoms. The molecule has 2 aliphatic heterocycles. The molecule has 4 amide bonds. The summed E-state index contributed by atoms with van der Waals surface area (Å²) in [5, 5.41) is 3.62. The van der Waals surface area contributed by atoms with E-state index < -0.39 is 11.9 Å². The number of imide groups is 1. The van der Waals surface area contributed by atoms with Gasteiger partial charge in [0.25, 0.3) is 11.8 Å². The SMILES string of the molecule is CN(C)C(=O)NC(=O)c1ccc2c(C3CCCCC3)c3n(c2c1)CC(C(=O)N1CCOCC1)=CC1C=CC=CC31. The number of amides is 4. The van der Waals surface area contributed by atoms with Crippen LogP contribution in [0.4, 0.5) is 4.79 Å². The zero-order valence-corrected chi connectivity index (χ0v) is 23.4. The normalized spacial score (nSPS) is 22.8. The molecule has 6 rings (SSSR count). The number of fused-ring (bicyclic) bond motifs is 5. The molecule has 8 heteroatoms. The molecule has 4 aliphatic rings. The lowest BCUT2D eigenvalue weighted by Gasteiger charge is -2.28. The molecule has 8 nitrogen and oxygen atoms in total. The third-order valence-corrected chi connectivity index (χ3v) is 8.84. The second-order valence-electron chi connectivity index (χ2n) is 11.6. The number of carbonyl (C=O) groups excluding carboxylic acids is 3. The average molecular weight is 543 g/mol. The lowest BCUT2D eigenvalue weighted by atomic mass is 9.77. The molecule has 1 aromatic carbocycles. The fourth-order valence-electron chi connectivity index (χ4n) is 6.79. The monoisotopic (exact) mass is 542 g/mol. The molecule has 1 saturated carbocycles. The van der Waals surface area contributed by atoms with Crippen molar-refractivity contribution in [3.8, 4) is 0 Å². The van der Waals surface area contributed by atoms with Crippen molar-refractivity contribution in [2.75, 3.05) is 40.4 Å². The molecule has 2 unspecified atom stereocenters. The average Bonchev–Trinajstić information content (AvgIpc) is 3.19. The molecule has 2 fully saturated rings. The number of morpholine rings is 1. The Morgan fingerprint density at radius 1 is 1.00 bits per heavy atom. The highest BCUT2D eigenvalue weighted by molar-refractivity contribution is 6.06. The fraction of sp³-hybridized carbons (Fsp3) is 0.469. The topological polar surface area (TPSA) is 83.9 Å². The summed E-state index contributed by atoms with van der Waals surface area (Å²) >= 11 is 0. The van der Waals surface area contributed by atoms with Crippen molar-refractivity contribution in [3.05, 3.63) is 71.0 Å². The van der Waals surface area contributed by atoms with E-state index in [-0.39, 0.29) is 17.7 Å². The fourth-order valence-corrected chi connectivity index (χ4v) is 6.79. The Balaban J connectivity index is 1.50. The summed E-state index contributed by atoms with van der Waals surface area (Å²) in [5.74, 6) is 0.265. The van der Waals surface area contributed by atoms with E-state index in [0.717, 1.165) is 29.3 Å². The third-order valence-electron chi connectivity index (χ3n) is 8.84. The molecule has 40 heavy (non-hydrogen) atoms. The van der Waals surface area contributed by atoms with Crippen molar-refractivity contribution >= 4 is 28.7 Å². The van der Waals surface area contributed by atoms with E-state index in [2.05, 4.69) is 46.3 Å². The summed E-state index contributed by atoms with van der Waals surface area (Å²) in [6.07, 6.45) is 16.8. The van der Waals surface area contributed by atoms with Gasteiger partial charge in [-0.15, -0.1) is 0 Å². The Hall–Kier alpha value is -3.65. The summed E-state index contributed by atoms with van der Waals surface area (Å²) in [5.41, 5.74) is 4.79. The van der Waals surface area contributed by atoms with Crippen LogP contribution in [0.3, 0.4) is 0 Å². The molecule has 210 valence electrons. The highest BCUT2D eigenvalue weighted by Gasteiger charge is 2.36. The number of hydrogen-bond acceptors (Lipinski definition) is 4. The number of rotatable bonds is 3. The van der Waals surface area contributed by atoms with Gasteiger partial charge in [-0.05, 0) is 36.5 Å². The predicted molar refractivity (Wildman–Crippen MR) is 154 cm³/mol. The maximum absolute atomic E-state index is 13.8. The Labute approximate surface area is 235 Å². The Morgan fingerprint density at radius 3 is 2.50 bits per heavy atom. The van der Waals surface area contributed by atoms with Crippen molar-refractivity contribution in [2.45, 2.75) is 50.5 Å². The van der Waals surface area contributed by atoms with Gasteiger partial charge in [0.1, 0.15) is 0 Å². The lowest BCUT2D eigenvalue weighted by Crippen LogP contribution is -2.42. The first-order valence-corrected chi connectivity index (χ1v) is 14.5. The van der Waals surface area contributed by atoms with Gasteiger partial charge in [0.05, 0.1) is 19.8 Å². The zero-order valence-electron chi connectivity index (χ0n) is 23.4. The first-order chi connectivity index (χ1) is 19.4.